The van der Waals surface area contributed by atoms with Gasteiger partial charge in [-0.05, 0) is 36.8 Å². The highest BCUT2D eigenvalue weighted by molar-refractivity contribution is 6.03. The number of carbonyl (C=O) groups is 2. The van der Waals surface area contributed by atoms with Gasteiger partial charge in [0, 0.05) is 18.9 Å². The molecule has 1 atom stereocenters. The van der Waals surface area contributed by atoms with Crippen LogP contribution in [0, 0.1) is 5.92 Å². The molecule has 0 bridgehead atoms. The summed E-state index contributed by atoms with van der Waals surface area (Å²) in [5.74, 6) is 0.00118. The summed E-state index contributed by atoms with van der Waals surface area (Å²) in [5.41, 5.74) is 1.96. The fraction of sp³-hybridized carbons (Fsp3) is 0.375. The van der Waals surface area contributed by atoms with Crippen molar-refractivity contribution in [3.63, 3.8) is 0 Å². The Morgan fingerprint density at radius 1 is 1.40 bits per heavy atom. The first-order valence-corrected chi connectivity index (χ1v) is 6.85. The summed E-state index contributed by atoms with van der Waals surface area (Å²) in [6.07, 6.45) is 3.00. The molecule has 0 radical (unpaired) electrons. The van der Waals surface area contributed by atoms with Gasteiger partial charge in [-0.1, -0.05) is 12.1 Å². The van der Waals surface area contributed by atoms with Crippen molar-refractivity contribution in [3.05, 3.63) is 34.9 Å². The van der Waals surface area contributed by atoms with E-state index in [0.717, 1.165) is 24.8 Å². The minimum Gasteiger partial charge on any atom is -0.507 e. The third-order valence-electron chi connectivity index (χ3n) is 3.99. The highest BCUT2D eigenvalue weighted by Crippen LogP contribution is 2.43. The van der Waals surface area contributed by atoms with Crippen molar-refractivity contribution >= 4 is 17.5 Å². The number of ketones is 1. The van der Waals surface area contributed by atoms with E-state index in [1.807, 2.05) is 6.07 Å². The fourth-order valence-electron chi connectivity index (χ4n) is 3.20. The Morgan fingerprint density at radius 2 is 2.20 bits per heavy atom. The smallest absolute Gasteiger partial charge is 0.308 e. The van der Waals surface area contributed by atoms with Crippen LogP contribution >= 0.6 is 0 Å². The second-order valence-electron chi connectivity index (χ2n) is 5.36. The molecular formula is C16H16O4. The summed E-state index contributed by atoms with van der Waals surface area (Å²) in [5, 5.41) is 10.5. The van der Waals surface area contributed by atoms with Crippen molar-refractivity contribution in [2.45, 2.75) is 32.6 Å². The molecular weight excluding hydrogens is 256 g/mol. The van der Waals surface area contributed by atoms with Gasteiger partial charge in [0.05, 0.1) is 5.56 Å². The molecule has 0 amide bonds. The molecule has 20 heavy (non-hydrogen) atoms. The summed E-state index contributed by atoms with van der Waals surface area (Å²) in [6.45, 7) is 1.32. The molecule has 2 aliphatic carbocycles. The number of ether oxygens (including phenoxy) is 1. The Kier molecular flexibility index (Phi) is 3.08. The quantitative estimate of drug-likeness (QED) is 0.630. The lowest BCUT2D eigenvalue weighted by Gasteiger charge is -2.31. The van der Waals surface area contributed by atoms with E-state index in [-0.39, 0.29) is 17.5 Å². The molecule has 4 nitrogen and oxygen atoms in total. The molecule has 0 heterocycles. The minimum absolute atomic E-state index is 0.00204. The van der Waals surface area contributed by atoms with E-state index < -0.39 is 5.97 Å². The van der Waals surface area contributed by atoms with E-state index in [0.29, 0.717) is 23.3 Å². The fourth-order valence-corrected chi connectivity index (χ4v) is 3.20. The summed E-state index contributed by atoms with van der Waals surface area (Å²) in [4.78, 5) is 23.2. The lowest BCUT2D eigenvalue weighted by molar-refractivity contribution is -0.131. The van der Waals surface area contributed by atoms with Crippen molar-refractivity contribution in [2.24, 2.45) is 5.92 Å². The Hall–Kier alpha value is -2.10. The van der Waals surface area contributed by atoms with Crippen LogP contribution < -0.4 is 4.74 Å². The van der Waals surface area contributed by atoms with Crippen molar-refractivity contribution < 1.29 is 19.4 Å². The van der Waals surface area contributed by atoms with Gasteiger partial charge >= 0.3 is 5.97 Å². The van der Waals surface area contributed by atoms with Gasteiger partial charge in [-0.25, -0.2) is 0 Å². The predicted molar refractivity (Wildman–Crippen MR) is 73.4 cm³/mol. The molecule has 1 N–H and O–H groups in total. The first-order chi connectivity index (χ1) is 9.58. The topological polar surface area (TPSA) is 63.6 Å². The molecule has 4 heteroatoms. The molecule has 1 aromatic rings. The number of hydrogen-bond donors (Lipinski definition) is 1. The van der Waals surface area contributed by atoms with Gasteiger partial charge in [-0.3, -0.25) is 9.59 Å². The maximum atomic E-state index is 12.1. The molecule has 1 fully saturated rings. The largest absolute Gasteiger partial charge is 0.507 e. The van der Waals surface area contributed by atoms with Crippen LogP contribution in [-0.4, -0.2) is 16.9 Å². The average molecular weight is 272 g/mol. The molecule has 1 saturated carbocycles. The summed E-state index contributed by atoms with van der Waals surface area (Å²) in [6, 6.07) is 5.36. The maximum Gasteiger partial charge on any atom is 0.308 e. The van der Waals surface area contributed by atoms with Crippen molar-refractivity contribution in [2.75, 3.05) is 0 Å². The Labute approximate surface area is 117 Å². The number of benzene rings is 1. The Morgan fingerprint density at radius 3 is 2.95 bits per heavy atom. The number of fused-ring (bicyclic) bond motifs is 2. The molecule has 0 aliphatic heterocycles. The standard InChI is InChI=1S/C16H16O4/c1-9(17)20-13-7-3-5-11-8-10-4-2-6-12(18)14(10)16(19)15(11)13/h3,5,7,10,19H,2,4,6,8H2,1H3. The minimum atomic E-state index is -0.437. The van der Waals surface area contributed by atoms with Crippen LogP contribution in [0.3, 0.4) is 0 Å². The van der Waals surface area contributed by atoms with E-state index in [1.54, 1.807) is 12.1 Å². The Balaban J connectivity index is 2.15. The van der Waals surface area contributed by atoms with Crippen LogP contribution in [0.2, 0.25) is 0 Å². The summed E-state index contributed by atoms with van der Waals surface area (Å²) >= 11 is 0. The van der Waals surface area contributed by atoms with Crippen LogP contribution in [0.15, 0.2) is 23.8 Å². The number of allylic oxidation sites excluding steroid dienone is 1. The van der Waals surface area contributed by atoms with E-state index >= 15 is 0 Å². The predicted octanol–water partition coefficient (Wildman–Crippen LogP) is 2.81. The maximum absolute atomic E-state index is 12.1. The molecule has 1 aromatic carbocycles. The third kappa shape index (κ3) is 2.01. The van der Waals surface area contributed by atoms with Gasteiger partial charge < -0.3 is 9.84 Å². The van der Waals surface area contributed by atoms with Crippen molar-refractivity contribution in [1.82, 2.24) is 0 Å². The molecule has 104 valence electrons. The number of aliphatic hydroxyl groups excluding tert-OH is 1. The van der Waals surface area contributed by atoms with E-state index in [1.165, 1.54) is 6.92 Å². The Bertz CT molecular complexity index is 627. The van der Waals surface area contributed by atoms with E-state index in [2.05, 4.69) is 0 Å². The number of aliphatic hydroxyl groups is 1. The zero-order chi connectivity index (χ0) is 14.3. The molecule has 1 unspecified atom stereocenters. The van der Waals surface area contributed by atoms with Gasteiger partial charge in [0.1, 0.15) is 11.5 Å². The summed E-state index contributed by atoms with van der Waals surface area (Å²) < 4.78 is 5.15. The number of carbonyl (C=O) groups excluding carboxylic acids is 2. The van der Waals surface area contributed by atoms with Gasteiger partial charge in [-0.2, -0.15) is 0 Å². The third-order valence-corrected chi connectivity index (χ3v) is 3.99. The van der Waals surface area contributed by atoms with Crippen LogP contribution in [-0.2, 0) is 16.0 Å². The zero-order valence-electron chi connectivity index (χ0n) is 11.3. The van der Waals surface area contributed by atoms with Crippen LogP contribution in [0.1, 0.15) is 37.3 Å². The van der Waals surface area contributed by atoms with Gasteiger partial charge in [0.2, 0.25) is 0 Å². The summed E-state index contributed by atoms with van der Waals surface area (Å²) in [7, 11) is 0. The first-order valence-electron chi connectivity index (χ1n) is 6.85. The van der Waals surface area contributed by atoms with Gasteiger partial charge in [0.25, 0.3) is 0 Å². The second-order valence-corrected chi connectivity index (χ2v) is 5.36. The van der Waals surface area contributed by atoms with Crippen LogP contribution in [0.25, 0.3) is 5.76 Å². The highest BCUT2D eigenvalue weighted by Gasteiger charge is 2.35. The van der Waals surface area contributed by atoms with Crippen molar-refractivity contribution in [1.29, 1.82) is 0 Å². The number of esters is 1. The van der Waals surface area contributed by atoms with Crippen molar-refractivity contribution in [3.8, 4) is 5.75 Å². The molecule has 0 saturated heterocycles. The lowest BCUT2D eigenvalue weighted by atomic mass is 9.74. The van der Waals surface area contributed by atoms with E-state index in [4.69, 9.17) is 4.74 Å². The number of Topliss-reactive ketones (excluding diaryl/α,β-unsaturated/α-hetero) is 1. The van der Waals surface area contributed by atoms with Gasteiger partial charge in [0.15, 0.2) is 5.78 Å². The SMILES string of the molecule is CC(=O)Oc1cccc2c1C(O)=C1C(=O)CCCC1C2. The van der Waals surface area contributed by atoms with Gasteiger partial charge in [-0.15, -0.1) is 0 Å². The lowest BCUT2D eigenvalue weighted by Crippen LogP contribution is -2.26. The van der Waals surface area contributed by atoms with Crippen LogP contribution in [0.5, 0.6) is 5.75 Å². The highest BCUT2D eigenvalue weighted by atomic mass is 16.5. The van der Waals surface area contributed by atoms with Crippen LogP contribution in [0.4, 0.5) is 0 Å². The zero-order valence-corrected chi connectivity index (χ0v) is 11.3. The normalized spacial score (nSPS) is 21.2. The molecule has 2 aliphatic rings. The monoisotopic (exact) mass is 272 g/mol. The molecule has 0 spiro atoms. The molecule has 0 aromatic heterocycles. The first kappa shape index (κ1) is 12.9. The number of rotatable bonds is 1. The number of hydrogen-bond acceptors (Lipinski definition) is 4. The average Bonchev–Trinajstić information content (AvgIpc) is 2.38. The van der Waals surface area contributed by atoms with E-state index in [9.17, 15) is 14.7 Å². The molecule has 3 rings (SSSR count). The second kappa shape index (κ2) is 4.78.